The number of alkyl halides is 3. The average Bonchev–Trinajstić information content (AvgIpc) is 3.35. The van der Waals surface area contributed by atoms with Gasteiger partial charge in [-0.05, 0) is 36.1 Å². The zero-order chi connectivity index (χ0) is 21.9. The lowest BCUT2D eigenvalue weighted by Gasteiger charge is -2.13. The maximum atomic E-state index is 12.6. The number of hydrogen-bond donors (Lipinski definition) is 0. The van der Waals surface area contributed by atoms with Crippen LogP contribution >= 0.6 is 11.6 Å². The van der Waals surface area contributed by atoms with Crippen LogP contribution < -0.4 is 4.74 Å². The van der Waals surface area contributed by atoms with Crippen molar-refractivity contribution in [3.05, 3.63) is 71.3 Å². The summed E-state index contributed by atoms with van der Waals surface area (Å²) in [4.78, 5) is 12.4. The van der Waals surface area contributed by atoms with Crippen molar-refractivity contribution < 1.29 is 27.4 Å². The molecule has 0 spiro atoms. The van der Waals surface area contributed by atoms with Crippen molar-refractivity contribution in [1.82, 2.24) is 0 Å². The molecule has 0 bridgehead atoms. The number of carbonyl (C=O) groups excluding carboxylic acids is 1. The number of hydrogen-bond acceptors (Lipinski definition) is 4. The predicted molar refractivity (Wildman–Crippen MR) is 104 cm³/mol. The molecule has 0 amide bonds. The molecule has 156 valence electrons. The standard InChI is InChI=1S/C22H17ClF3NO3/c1-13-17(11-19(23)22(24,25)26)20(13)21(28)30-18(12-27)14-6-5-9-16(10-14)29-15-7-3-2-4-8-15/h2-11,13,17-18,20H,1H3/b19-11-/t13?,17-,18?,20+/m0/s1. The van der Waals surface area contributed by atoms with Crippen LogP contribution in [-0.2, 0) is 9.53 Å². The largest absolute Gasteiger partial charge is 0.457 e. The van der Waals surface area contributed by atoms with Crippen molar-refractivity contribution in [2.45, 2.75) is 19.2 Å². The lowest BCUT2D eigenvalue weighted by molar-refractivity contribution is -0.149. The van der Waals surface area contributed by atoms with E-state index in [4.69, 9.17) is 21.1 Å². The molecule has 2 aromatic rings. The number of para-hydroxylation sites is 1. The molecule has 0 radical (unpaired) electrons. The Balaban J connectivity index is 1.68. The number of halogens is 4. The predicted octanol–water partition coefficient (Wildman–Crippen LogP) is 6.15. The van der Waals surface area contributed by atoms with Crippen LogP contribution in [0.2, 0.25) is 0 Å². The lowest BCUT2D eigenvalue weighted by atomic mass is 10.1. The summed E-state index contributed by atoms with van der Waals surface area (Å²) in [5, 5.41) is 8.18. The summed E-state index contributed by atoms with van der Waals surface area (Å²) in [7, 11) is 0. The number of esters is 1. The van der Waals surface area contributed by atoms with E-state index in [0.717, 1.165) is 6.08 Å². The van der Waals surface area contributed by atoms with Gasteiger partial charge >= 0.3 is 12.1 Å². The van der Waals surface area contributed by atoms with Crippen molar-refractivity contribution in [1.29, 1.82) is 5.26 Å². The van der Waals surface area contributed by atoms with Gasteiger partial charge in [0, 0.05) is 5.56 Å². The Morgan fingerprint density at radius 2 is 1.83 bits per heavy atom. The number of carbonyl (C=O) groups is 1. The Hall–Kier alpha value is -2.98. The van der Waals surface area contributed by atoms with E-state index < -0.39 is 35.1 Å². The molecule has 1 aliphatic rings. The van der Waals surface area contributed by atoms with Crippen molar-refractivity contribution >= 4 is 17.6 Å². The molecule has 1 aliphatic carbocycles. The van der Waals surface area contributed by atoms with E-state index in [1.807, 2.05) is 24.3 Å². The van der Waals surface area contributed by atoms with E-state index in [0.29, 0.717) is 17.1 Å². The van der Waals surface area contributed by atoms with Gasteiger partial charge in [-0.1, -0.05) is 54.9 Å². The number of rotatable bonds is 6. The Bertz CT molecular complexity index is 985. The molecule has 0 N–H and O–H groups in total. The summed E-state index contributed by atoms with van der Waals surface area (Å²) in [5.41, 5.74) is 0.396. The molecule has 0 heterocycles. The minimum atomic E-state index is -4.66. The second-order valence-electron chi connectivity index (χ2n) is 6.91. The maximum Gasteiger partial charge on any atom is 0.426 e. The van der Waals surface area contributed by atoms with Gasteiger partial charge < -0.3 is 9.47 Å². The van der Waals surface area contributed by atoms with E-state index >= 15 is 0 Å². The Labute approximate surface area is 176 Å². The number of ether oxygens (including phenoxy) is 2. The van der Waals surface area contributed by atoms with Crippen LogP contribution in [0.15, 0.2) is 65.7 Å². The highest BCUT2D eigenvalue weighted by Crippen LogP contribution is 2.50. The average molecular weight is 436 g/mol. The van der Waals surface area contributed by atoms with Gasteiger partial charge in [0.15, 0.2) is 0 Å². The summed E-state index contributed by atoms with van der Waals surface area (Å²) >= 11 is 5.26. The number of nitrogens with zero attached hydrogens (tertiary/aromatic N) is 1. The minimum absolute atomic E-state index is 0.360. The second kappa shape index (κ2) is 8.80. The van der Waals surface area contributed by atoms with Gasteiger partial charge in [-0.25, -0.2) is 0 Å². The molecule has 0 aliphatic heterocycles. The number of benzene rings is 2. The summed E-state index contributed by atoms with van der Waals surface area (Å²) in [5.74, 6) is -1.51. The first-order valence-corrected chi connectivity index (χ1v) is 9.46. The van der Waals surface area contributed by atoms with E-state index in [1.165, 1.54) is 0 Å². The first-order valence-electron chi connectivity index (χ1n) is 9.08. The normalized spacial score (nSPS) is 22.0. The molecule has 2 aromatic carbocycles. The fourth-order valence-corrected chi connectivity index (χ4v) is 3.26. The molecular weight excluding hydrogens is 419 g/mol. The summed E-state index contributed by atoms with van der Waals surface area (Å²) in [6.45, 7) is 1.63. The van der Waals surface area contributed by atoms with Crippen LogP contribution in [0.4, 0.5) is 13.2 Å². The zero-order valence-corrected chi connectivity index (χ0v) is 16.5. The van der Waals surface area contributed by atoms with Gasteiger partial charge in [-0.2, -0.15) is 18.4 Å². The van der Waals surface area contributed by atoms with Crippen LogP contribution in [0.1, 0.15) is 18.6 Å². The maximum absolute atomic E-state index is 12.6. The lowest BCUT2D eigenvalue weighted by Crippen LogP contribution is -2.13. The quantitative estimate of drug-likeness (QED) is 0.510. The smallest absolute Gasteiger partial charge is 0.426 e. The molecule has 30 heavy (non-hydrogen) atoms. The summed E-state index contributed by atoms with van der Waals surface area (Å²) in [6.07, 6.45) is -5.05. The molecule has 1 saturated carbocycles. The minimum Gasteiger partial charge on any atom is -0.457 e. The van der Waals surface area contributed by atoms with Gasteiger partial charge in [0.25, 0.3) is 0 Å². The Morgan fingerprint density at radius 1 is 1.17 bits per heavy atom. The van der Waals surface area contributed by atoms with Crippen LogP contribution in [0, 0.1) is 29.1 Å². The molecule has 0 saturated heterocycles. The highest BCUT2D eigenvalue weighted by atomic mass is 35.5. The Morgan fingerprint density at radius 3 is 2.47 bits per heavy atom. The monoisotopic (exact) mass is 435 g/mol. The fraction of sp³-hybridized carbons (Fsp3) is 0.273. The van der Waals surface area contributed by atoms with Crippen molar-refractivity contribution in [2.75, 3.05) is 0 Å². The third-order valence-electron chi connectivity index (χ3n) is 4.82. The van der Waals surface area contributed by atoms with Gasteiger partial charge in [0.1, 0.15) is 22.6 Å². The van der Waals surface area contributed by atoms with Gasteiger partial charge in [0.2, 0.25) is 6.10 Å². The van der Waals surface area contributed by atoms with Gasteiger partial charge in [-0.3, -0.25) is 4.79 Å². The van der Waals surface area contributed by atoms with Crippen molar-refractivity contribution in [2.24, 2.45) is 17.8 Å². The molecule has 0 aromatic heterocycles. The van der Waals surface area contributed by atoms with Crippen LogP contribution in [0.5, 0.6) is 11.5 Å². The second-order valence-corrected chi connectivity index (χ2v) is 7.32. The molecule has 4 nitrogen and oxygen atoms in total. The SMILES string of the molecule is CC1[C@@H](C(=O)OC(C#N)c2cccc(Oc3ccccc3)c2)[C@H]1/C=C(\Cl)C(F)(F)F. The molecule has 4 atom stereocenters. The third kappa shape index (κ3) is 5.14. The van der Waals surface area contributed by atoms with Crippen molar-refractivity contribution in [3.63, 3.8) is 0 Å². The van der Waals surface area contributed by atoms with Crippen LogP contribution in [0.3, 0.4) is 0 Å². The third-order valence-corrected chi connectivity index (χ3v) is 5.16. The van der Waals surface area contributed by atoms with Crippen molar-refractivity contribution in [3.8, 4) is 17.6 Å². The highest BCUT2D eigenvalue weighted by Gasteiger charge is 2.53. The molecule has 2 unspecified atom stereocenters. The van der Waals surface area contributed by atoms with Crippen LogP contribution in [-0.4, -0.2) is 12.1 Å². The molecule has 8 heteroatoms. The van der Waals surface area contributed by atoms with Crippen LogP contribution in [0.25, 0.3) is 0 Å². The van der Waals surface area contributed by atoms with E-state index in [1.54, 1.807) is 43.3 Å². The number of nitriles is 1. The summed E-state index contributed by atoms with van der Waals surface area (Å²) < 4.78 is 48.8. The number of allylic oxidation sites excluding steroid dienone is 2. The highest BCUT2D eigenvalue weighted by molar-refractivity contribution is 6.30. The molecular formula is C22H17ClF3NO3. The van der Waals surface area contributed by atoms with E-state index in [-0.39, 0.29) is 5.92 Å². The first kappa shape index (κ1) is 21.7. The summed E-state index contributed by atoms with van der Waals surface area (Å²) in [6, 6.07) is 17.4. The van der Waals surface area contributed by atoms with Gasteiger partial charge in [0.05, 0.1) is 5.92 Å². The zero-order valence-electron chi connectivity index (χ0n) is 15.8. The van der Waals surface area contributed by atoms with E-state index in [9.17, 15) is 23.2 Å². The Kier molecular flexibility index (Phi) is 6.37. The van der Waals surface area contributed by atoms with E-state index in [2.05, 4.69) is 0 Å². The first-order chi connectivity index (χ1) is 14.2. The fourth-order valence-electron chi connectivity index (χ4n) is 3.11. The van der Waals surface area contributed by atoms with Gasteiger partial charge in [-0.15, -0.1) is 0 Å². The molecule has 3 rings (SSSR count). The topological polar surface area (TPSA) is 59.3 Å². The molecule has 1 fully saturated rings.